The van der Waals surface area contributed by atoms with Crippen molar-refractivity contribution in [3.63, 3.8) is 0 Å². The Morgan fingerprint density at radius 3 is 1.90 bits per heavy atom. The largest absolute Gasteiger partial charge is 0.390 e. The van der Waals surface area contributed by atoms with E-state index in [1.54, 1.807) is 12.3 Å². The van der Waals surface area contributed by atoms with Gasteiger partial charge in [-0.1, -0.05) is 24.3 Å². The maximum absolute atomic E-state index is 9.26. The van der Waals surface area contributed by atoms with Crippen LogP contribution < -0.4 is 0 Å². The van der Waals surface area contributed by atoms with Gasteiger partial charge in [0.25, 0.3) is 0 Å². The summed E-state index contributed by atoms with van der Waals surface area (Å²) >= 11 is 0. The standard InChI is InChI=1S/C22H31N3O5/c26-18-21-5-6-23-22(24-21)20-3-1-19(2-4-20)17-25-7-9-27-11-13-29-15-16-30-14-12-28-10-8-25/h1-6,26H,7-18H2. The van der Waals surface area contributed by atoms with E-state index < -0.39 is 0 Å². The van der Waals surface area contributed by atoms with E-state index in [1.165, 1.54) is 5.56 Å². The van der Waals surface area contributed by atoms with Crippen molar-refractivity contribution in [3.05, 3.63) is 47.8 Å². The average molecular weight is 418 g/mol. The van der Waals surface area contributed by atoms with Crippen LogP contribution in [0.15, 0.2) is 36.5 Å². The van der Waals surface area contributed by atoms with Crippen LogP contribution in [0.5, 0.6) is 0 Å². The van der Waals surface area contributed by atoms with Gasteiger partial charge in [-0.05, 0) is 11.6 Å². The third-order valence-corrected chi connectivity index (χ3v) is 4.71. The number of nitrogens with zero attached hydrogens (tertiary/aromatic N) is 3. The van der Waals surface area contributed by atoms with Crippen LogP contribution in [0.25, 0.3) is 11.4 Å². The molecule has 0 radical (unpaired) electrons. The lowest BCUT2D eigenvalue weighted by molar-refractivity contribution is 0.00206. The highest BCUT2D eigenvalue weighted by Crippen LogP contribution is 2.16. The molecule has 1 saturated heterocycles. The van der Waals surface area contributed by atoms with E-state index in [2.05, 4.69) is 27.0 Å². The van der Waals surface area contributed by atoms with Crippen LogP contribution in [0.3, 0.4) is 0 Å². The van der Waals surface area contributed by atoms with Crippen molar-refractivity contribution >= 4 is 0 Å². The second-order valence-electron chi connectivity index (χ2n) is 6.95. The Morgan fingerprint density at radius 1 is 0.767 bits per heavy atom. The maximum Gasteiger partial charge on any atom is 0.159 e. The third kappa shape index (κ3) is 8.06. The molecule has 0 amide bonds. The molecular weight excluding hydrogens is 386 g/mol. The van der Waals surface area contributed by atoms with Crippen molar-refractivity contribution in [2.24, 2.45) is 0 Å². The molecule has 2 heterocycles. The number of hydrogen-bond acceptors (Lipinski definition) is 8. The molecule has 8 heteroatoms. The van der Waals surface area contributed by atoms with Crippen molar-refractivity contribution in [1.82, 2.24) is 14.9 Å². The zero-order chi connectivity index (χ0) is 20.9. The van der Waals surface area contributed by atoms with Crippen LogP contribution in [0, 0.1) is 0 Å². The first-order chi connectivity index (χ1) is 14.8. The van der Waals surface area contributed by atoms with Gasteiger partial charge in [-0.15, -0.1) is 0 Å². The summed E-state index contributed by atoms with van der Waals surface area (Å²) in [4.78, 5) is 11.0. The number of aliphatic hydroxyl groups is 1. The molecule has 1 aliphatic heterocycles. The Balaban J connectivity index is 1.55. The van der Waals surface area contributed by atoms with Gasteiger partial charge in [0.2, 0.25) is 0 Å². The van der Waals surface area contributed by atoms with Gasteiger partial charge in [0.15, 0.2) is 5.82 Å². The van der Waals surface area contributed by atoms with Gasteiger partial charge in [0.05, 0.1) is 65.2 Å². The molecule has 1 aromatic heterocycles. The monoisotopic (exact) mass is 417 g/mol. The summed E-state index contributed by atoms with van der Waals surface area (Å²) in [5, 5.41) is 9.26. The van der Waals surface area contributed by atoms with Gasteiger partial charge in [0, 0.05) is 31.4 Å². The van der Waals surface area contributed by atoms with E-state index in [9.17, 15) is 5.11 Å². The van der Waals surface area contributed by atoms with Crippen LogP contribution in [-0.4, -0.2) is 85.9 Å². The quantitative estimate of drug-likeness (QED) is 0.801. The number of hydrogen-bond donors (Lipinski definition) is 1. The van der Waals surface area contributed by atoms with Crippen molar-refractivity contribution in [1.29, 1.82) is 0 Å². The Bertz CT molecular complexity index is 713. The second kappa shape index (κ2) is 13.4. The Hall–Kier alpha value is -1.94. The molecule has 3 rings (SSSR count). The van der Waals surface area contributed by atoms with Gasteiger partial charge in [-0.25, -0.2) is 9.97 Å². The molecule has 0 saturated carbocycles. The van der Waals surface area contributed by atoms with Crippen LogP contribution in [0.4, 0.5) is 0 Å². The smallest absolute Gasteiger partial charge is 0.159 e. The van der Waals surface area contributed by atoms with E-state index in [1.807, 2.05) is 12.1 Å². The molecule has 30 heavy (non-hydrogen) atoms. The van der Waals surface area contributed by atoms with Gasteiger partial charge in [-0.2, -0.15) is 0 Å². The maximum atomic E-state index is 9.26. The molecule has 0 spiro atoms. The molecule has 1 N–H and O–H groups in total. The molecule has 2 aromatic rings. The van der Waals surface area contributed by atoms with Gasteiger partial charge >= 0.3 is 0 Å². The minimum Gasteiger partial charge on any atom is -0.390 e. The summed E-state index contributed by atoms with van der Waals surface area (Å²) in [7, 11) is 0. The first-order valence-corrected chi connectivity index (χ1v) is 10.4. The van der Waals surface area contributed by atoms with Crippen LogP contribution in [-0.2, 0) is 32.1 Å². The fraction of sp³-hybridized carbons (Fsp3) is 0.545. The number of rotatable bonds is 4. The molecule has 0 unspecified atom stereocenters. The van der Waals surface area contributed by atoms with Crippen molar-refractivity contribution < 1.29 is 24.1 Å². The van der Waals surface area contributed by atoms with E-state index >= 15 is 0 Å². The Kier molecular flexibility index (Phi) is 10.1. The Labute approximate surface area is 177 Å². The van der Waals surface area contributed by atoms with E-state index in [-0.39, 0.29) is 6.61 Å². The summed E-state index contributed by atoms with van der Waals surface area (Å²) in [5.41, 5.74) is 2.74. The molecule has 8 nitrogen and oxygen atoms in total. The zero-order valence-corrected chi connectivity index (χ0v) is 17.4. The highest BCUT2D eigenvalue weighted by atomic mass is 16.6. The summed E-state index contributed by atoms with van der Waals surface area (Å²) in [6.45, 7) is 7.18. The molecule has 0 aliphatic carbocycles. The summed E-state index contributed by atoms with van der Waals surface area (Å²) in [6.07, 6.45) is 1.67. The summed E-state index contributed by atoms with van der Waals surface area (Å²) in [5.74, 6) is 0.619. The van der Waals surface area contributed by atoms with Crippen LogP contribution in [0.1, 0.15) is 11.3 Å². The first kappa shape index (κ1) is 22.7. The predicted octanol–water partition coefficient (Wildman–Crippen LogP) is 1.52. The van der Waals surface area contributed by atoms with E-state index in [4.69, 9.17) is 18.9 Å². The number of aliphatic hydroxyl groups excluding tert-OH is 1. The number of benzene rings is 1. The molecule has 1 aromatic carbocycles. The lowest BCUT2D eigenvalue weighted by atomic mass is 10.1. The minimum absolute atomic E-state index is 0.0923. The van der Waals surface area contributed by atoms with Crippen molar-refractivity contribution in [2.45, 2.75) is 13.2 Å². The molecule has 1 aliphatic rings. The molecule has 0 atom stereocenters. The highest BCUT2D eigenvalue weighted by Gasteiger charge is 2.09. The lowest BCUT2D eigenvalue weighted by Crippen LogP contribution is -2.31. The normalized spacial score (nSPS) is 18.4. The highest BCUT2D eigenvalue weighted by molar-refractivity contribution is 5.55. The Morgan fingerprint density at radius 2 is 1.33 bits per heavy atom. The number of aromatic nitrogens is 2. The SMILES string of the molecule is OCc1ccnc(-c2ccc(CN3CCOCCOCCOCCOCC3)cc2)n1. The number of ether oxygens (including phenoxy) is 4. The molecule has 1 fully saturated rings. The lowest BCUT2D eigenvalue weighted by Gasteiger charge is -2.22. The molecular formula is C22H31N3O5. The molecule has 0 bridgehead atoms. The van der Waals surface area contributed by atoms with Gasteiger partial charge < -0.3 is 24.1 Å². The van der Waals surface area contributed by atoms with Gasteiger partial charge in [0.1, 0.15) is 0 Å². The molecule has 164 valence electrons. The van der Waals surface area contributed by atoms with Crippen LogP contribution >= 0.6 is 0 Å². The van der Waals surface area contributed by atoms with E-state index in [0.29, 0.717) is 64.4 Å². The fourth-order valence-electron chi connectivity index (χ4n) is 3.06. The van der Waals surface area contributed by atoms with Gasteiger partial charge in [-0.3, -0.25) is 4.90 Å². The fourth-order valence-corrected chi connectivity index (χ4v) is 3.06. The van der Waals surface area contributed by atoms with Crippen molar-refractivity contribution in [2.75, 3.05) is 65.9 Å². The zero-order valence-electron chi connectivity index (χ0n) is 17.4. The summed E-state index contributed by atoms with van der Waals surface area (Å²) < 4.78 is 22.3. The van der Waals surface area contributed by atoms with E-state index in [0.717, 1.165) is 25.2 Å². The van der Waals surface area contributed by atoms with Crippen molar-refractivity contribution in [3.8, 4) is 11.4 Å². The third-order valence-electron chi connectivity index (χ3n) is 4.71. The topological polar surface area (TPSA) is 86.2 Å². The second-order valence-corrected chi connectivity index (χ2v) is 6.95. The minimum atomic E-state index is -0.0923. The summed E-state index contributed by atoms with van der Waals surface area (Å²) in [6, 6.07) is 9.91. The average Bonchev–Trinajstić information content (AvgIpc) is 2.80. The van der Waals surface area contributed by atoms with Crippen LogP contribution in [0.2, 0.25) is 0 Å². The predicted molar refractivity (Wildman–Crippen MR) is 112 cm³/mol. The first-order valence-electron chi connectivity index (χ1n) is 10.4.